The fourth-order valence-electron chi connectivity index (χ4n) is 7.80. The second-order valence-electron chi connectivity index (χ2n) is 11.8. The van der Waals surface area contributed by atoms with Crippen molar-refractivity contribution in [3.05, 3.63) is 46.6 Å². The minimum Gasteiger partial charge on any atom is -0.362 e. The lowest BCUT2D eigenvalue weighted by Crippen LogP contribution is -2.47. The summed E-state index contributed by atoms with van der Waals surface area (Å²) in [5.41, 5.74) is 5.19. The van der Waals surface area contributed by atoms with Gasteiger partial charge in [-0.1, -0.05) is 75.8 Å². The molecule has 0 aromatic rings. The van der Waals surface area contributed by atoms with Gasteiger partial charge in [-0.15, -0.1) is 0 Å². The van der Waals surface area contributed by atoms with Crippen LogP contribution in [0.15, 0.2) is 46.6 Å². The molecular formula is C32H46O2. The molecule has 1 heterocycles. The first-order valence-corrected chi connectivity index (χ1v) is 14.6. The van der Waals surface area contributed by atoms with Gasteiger partial charge < -0.3 is 4.74 Å². The van der Waals surface area contributed by atoms with E-state index in [-0.39, 0.29) is 5.92 Å². The number of allylic oxidation sites excluding steroid dienone is 7. The second kappa shape index (κ2) is 10.3. The summed E-state index contributed by atoms with van der Waals surface area (Å²) in [4.78, 5) is 14.3. The summed E-state index contributed by atoms with van der Waals surface area (Å²) in [6.45, 7) is 7.60. The van der Waals surface area contributed by atoms with Crippen LogP contribution in [0.1, 0.15) is 104 Å². The van der Waals surface area contributed by atoms with Crippen molar-refractivity contribution in [2.24, 2.45) is 29.6 Å². The molecule has 0 aromatic heterocycles. The van der Waals surface area contributed by atoms with E-state index in [1.807, 2.05) is 0 Å². The Morgan fingerprint density at radius 3 is 2.68 bits per heavy atom. The Hall–Kier alpha value is -1.41. The van der Waals surface area contributed by atoms with E-state index in [2.05, 4.69) is 45.1 Å². The van der Waals surface area contributed by atoms with Gasteiger partial charge in [-0.2, -0.15) is 0 Å². The average molecular weight is 463 g/mol. The lowest BCUT2D eigenvalue weighted by atomic mass is 9.71. The summed E-state index contributed by atoms with van der Waals surface area (Å²) in [5.74, 6) is 2.27. The van der Waals surface area contributed by atoms with E-state index < -0.39 is 5.60 Å². The highest BCUT2D eigenvalue weighted by atomic mass is 16.5. The summed E-state index contributed by atoms with van der Waals surface area (Å²) in [5, 5.41) is 0. The predicted octanol–water partition coefficient (Wildman–Crippen LogP) is 8.30. The summed E-state index contributed by atoms with van der Waals surface area (Å²) < 4.78 is 6.75. The monoisotopic (exact) mass is 462 g/mol. The molecule has 5 aliphatic rings. The number of carbonyl (C=O) groups excluding carboxylic acids is 1. The molecule has 3 fully saturated rings. The van der Waals surface area contributed by atoms with Gasteiger partial charge in [0.05, 0.1) is 0 Å². The van der Waals surface area contributed by atoms with Crippen molar-refractivity contribution in [3.63, 3.8) is 0 Å². The number of unbranched alkanes of at least 4 members (excludes halogenated alkanes) is 2. The van der Waals surface area contributed by atoms with Crippen LogP contribution in [-0.4, -0.2) is 18.0 Å². The molecule has 1 spiro atoms. The fourth-order valence-corrected chi connectivity index (χ4v) is 7.80. The molecular weight excluding hydrogens is 416 g/mol. The van der Waals surface area contributed by atoms with Gasteiger partial charge in [0, 0.05) is 24.4 Å². The number of fused-ring (bicyclic) bond motifs is 3. The Morgan fingerprint density at radius 2 is 1.94 bits per heavy atom. The number of carbonyl (C=O) groups is 1. The maximum absolute atomic E-state index is 14.3. The first kappa shape index (κ1) is 24.3. The zero-order valence-electron chi connectivity index (χ0n) is 21.9. The van der Waals surface area contributed by atoms with Crippen LogP contribution in [0.3, 0.4) is 0 Å². The molecule has 2 saturated carbocycles. The van der Waals surface area contributed by atoms with Crippen molar-refractivity contribution >= 4 is 5.78 Å². The van der Waals surface area contributed by atoms with Crippen molar-refractivity contribution in [1.82, 2.24) is 0 Å². The van der Waals surface area contributed by atoms with E-state index >= 15 is 0 Å². The lowest BCUT2D eigenvalue weighted by Gasteiger charge is -2.38. The SMILES string of the molecule is CC=C(C=C1CCCCCC1)C1C=CC2=C(C1C)C1(OCCCC3CC31)C(=O)C2CCCCC. The molecule has 5 rings (SSSR count). The standard InChI is InChI=1S/C32H46O2/c1-4-6-9-16-28-27-18-17-26(24(5-2)20-23-13-10-7-8-11-14-23)22(3)30(27)32(31(28)33)29-21-25(29)15-12-19-34-32/h5,17-18,20,22,25-26,28-29H,4,6-16,19,21H2,1-3H3. The molecule has 186 valence electrons. The van der Waals surface area contributed by atoms with E-state index in [1.165, 1.54) is 80.9 Å². The van der Waals surface area contributed by atoms with Crippen LogP contribution in [-0.2, 0) is 9.53 Å². The Balaban J connectivity index is 1.49. The van der Waals surface area contributed by atoms with E-state index in [9.17, 15) is 4.79 Å². The van der Waals surface area contributed by atoms with Crippen LogP contribution < -0.4 is 0 Å². The zero-order chi connectivity index (χ0) is 23.7. The highest BCUT2D eigenvalue weighted by Crippen LogP contribution is 2.63. The molecule has 1 saturated heterocycles. The number of rotatable bonds is 6. The number of hydrogen-bond donors (Lipinski definition) is 0. The summed E-state index contributed by atoms with van der Waals surface area (Å²) in [7, 11) is 0. The first-order valence-electron chi connectivity index (χ1n) is 14.6. The van der Waals surface area contributed by atoms with E-state index in [4.69, 9.17) is 4.74 Å². The van der Waals surface area contributed by atoms with Crippen LogP contribution in [0.5, 0.6) is 0 Å². The molecule has 1 aliphatic heterocycles. The number of ether oxygens (including phenoxy) is 1. The van der Waals surface area contributed by atoms with Crippen LogP contribution in [0.2, 0.25) is 0 Å². The van der Waals surface area contributed by atoms with Gasteiger partial charge in [0.25, 0.3) is 0 Å². The quantitative estimate of drug-likeness (QED) is 0.293. The smallest absolute Gasteiger partial charge is 0.176 e. The predicted molar refractivity (Wildman–Crippen MR) is 141 cm³/mol. The molecule has 6 unspecified atom stereocenters. The number of ketones is 1. The Labute approximate surface area is 208 Å². The third kappa shape index (κ3) is 4.23. The van der Waals surface area contributed by atoms with Crippen LogP contribution in [0.4, 0.5) is 0 Å². The number of Topliss-reactive ketones (excluding diaryl/α,β-unsaturated/α-hetero) is 1. The molecule has 0 amide bonds. The van der Waals surface area contributed by atoms with Crippen molar-refractivity contribution in [3.8, 4) is 0 Å². The molecule has 2 nitrogen and oxygen atoms in total. The minimum atomic E-state index is -0.621. The van der Waals surface area contributed by atoms with Crippen molar-refractivity contribution < 1.29 is 9.53 Å². The van der Waals surface area contributed by atoms with Crippen LogP contribution in [0, 0.1) is 29.6 Å². The van der Waals surface area contributed by atoms with Crippen LogP contribution >= 0.6 is 0 Å². The van der Waals surface area contributed by atoms with Crippen molar-refractivity contribution in [2.45, 2.75) is 110 Å². The molecule has 0 aromatic carbocycles. The van der Waals surface area contributed by atoms with Crippen molar-refractivity contribution in [2.75, 3.05) is 6.61 Å². The molecule has 0 bridgehead atoms. The van der Waals surface area contributed by atoms with Gasteiger partial charge >= 0.3 is 0 Å². The molecule has 0 N–H and O–H groups in total. The fraction of sp³-hybridized carbons (Fsp3) is 0.719. The molecule has 4 aliphatic carbocycles. The highest BCUT2D eigenvalue weighted by molar-refractivity contribution is 6.00. The molecule has 0 radical (unpaired) electrons. The van der Waals surface area contributed by atoms with Gasteiger partial charge in [0.2, 0.25) is 0 Å². The topological polar surface area (TPSA) is 26.3 Å². The summed E-state index contributed by atoms with van der Waals surface area (Å²) >= 11 is 0. The minimum absolute atomic E-state index is 0.0508. The van der Waals surface area contributed by atoms with E-state index in [1.54, 1.807) is 5.57 Å². The maximum Gasteiger partial charge on any atom is 0.176 e. The summed E-state index contributed by atoms with van der Waals surface area (Å²) in [6, 6.07) is 0. The highest BCUT2D eigenvalue weighted by Gasteiger charge is 2.66. The van der Waals surface area contributed by atoms with Gasteiger partial charge in [-0.05, 0) is 86.8 Å². The van der Waals surface area contributed by atoms with Gasteiger partial charge in [0.1, 0.15) is 0 Å². The van der Waals surface area contributed by atoms with E-state index in [0.29, 0.717) is 29.5 Å². The number of hydrogen-bond acceptors (Lipinski definition) is 2. The molecule has 34 heavy (non-hydrogen) atoms. The summed E-state index contributed by atoms with van der Waals surface area (Å²) in [6.07, 6.45) is 25.7. The lowest BCUT2D eigenvalue weighted by molar-refractivity contribution is -0.143. The van der Waals surface area contributed by atoms with Gasteiger partial charge in [-0.3, -0.25) is 4.79 Å². The van der Waals surface area contributed by atoms with Crippen LogP contribution in [0.25, 0.3) is 0 Å². The Morgan fingerprint density at radius 1 is 1.15 bits per heavy atom. The largest absolute Gasteiger partial charge is 0.362 e. The van der Waals surface area contributed by atoms with E-state index in [0.717, 1.165) is 25.9 Å². The maximum atomic E-state index is 14.3. The van der Waals surface area contributed by atoms with Gasteiger partial charge in [0.15, 0.2) is 11.4 Å². The normalized spacial score (nSPS) is 38.0. The zero-order valence-corrected chi connectivity index (χ0v) is 21.9. The molecule has 2 heteroatoms. The Bertz CT molecular complexity index is 892. The van der Waals surface area contributed by atoms with Gasteiger partial charge in [-0.25, -0.2) is 0 Å². The average Bonchev–Trinajstić information content (AvgIpc) is 3.62. The second-order valence-corrected chi connectivity index (χ2v) is 11.8. The van der Waals surface area contributed by atoms with Crippen molar-refractivity contribution in [1.29, 1.82) is 0 Å². The third-order valence-electron chi connectivity index (χ3n) is 9.67. The first-order chi connectivity index (χ1) is 16.6. The Kier molecular flexibility index (Phi) is 7.35. The molecule has 6 atom stereocenters. The third-order valence-corrected chi connectivity index (χ3v) is 9.67.